The number of ether oxygens (including phenoxy) is 3. The highest BCUT2D eigenvalue weighted by atomic mass is 19.4. The zero-order valence-electron chi connectivity index (χ0n) is 16.6. The Bertz CT molecular complexity index is 606. The van der Waals surface area contributed by atoms with Crippen LogP contribution in [0.1, 0.15) is 31.7 Å². The van der Waals surface area contributed by atoms with E-state index in [1.807, 2.05) is 6.92 Å². The van der Waals surface area contributed by atoms with Gasteiger partial charge >= 0.3 is 6.18 Å². The molecule has 1 saturated heterocycles. The Morgan fingerprint density at radius 2 is 2.21 bits per heavy atom. The van der Waals surface area contributed by atoms with Crippen molar-refractivity contribution in [3.63, 3.8) is 0 Å². The molecule has 10 heteroatoms. The molecule has 1 aromatic heterocycles. The summed E-state index contributed by atoms with van der Waals surface area (Å²) in [5.74, 6) is 0.590. The van der Waals surface area contributed by atoms with Gasteiger partial charge in [-0.05, 0) is 31.7 Å². The van der Waals surface area contributed by atoms with Gasteiger partial charge < -0.3 is 24.8 Å². The topological polar surface area (TPSA) is 77.0 Å². The van der Waals surface area contributed by atoms with E-state index in [9.17, 15) is 13.2 Å². The van der Waals surface area contributed by atoms with Gasteiger partial charge in [0.05, 0.1) is 19.3 Å². The molecule has 1 aromatic rings. The summed E-state index contributed by atoms with van der Waals surface area (Å²) < 4.78 is 52.2. The van der Waals surface area contributed by atoms with Crippen LogP contribution in [-0.2, 0) is 16.0 Å². The lowest BCUT2D eigenvalue weighted by Crippen LogP contribution is -2.38. The average molecular weight is 418 g/mol. The highest BCUT2D eigenvalue weighted by Gasteiger charge is 2.28. The van der Waals surface area contributed by atoms with Crippen molar-refractivity contribution in [3.05, 3.63) is 23.9 Å². The smallest absolute Gasteiger partial charge is 0.422 e. The highest BCUT2D eigenvalue weighted by Crippen LogP contribution is 2.17. The fourth-order valence-electron chi connectivity index (χ4n) is 2.63. The van der Waals surface area contributed by atoms with Crippen LogP contribution >= 0.6 is 0 Å². The summed E-state index contributed by atoms with van der Waals surface area (Å²) in [6.07, 6.45) is 0.325. The minimum Gasteiger partial charge on any atom is -0.468 e. The molecule has 164 valence electrons. The van der Waals surface area contributed by atoms with Crippen LogP contribution in [0.2, 0.25) is 0 Å². The third-order valence-electron chi connectivity index (χ3n) is 4.03. The first kappa shape index (κ1) is 23.2. The van der Waals surface area contributed by atoms with Crippen molar-refractivity contribution in [2.24, 2.45) is 4.99 Å². The van der Waals surface area contributed by atoms with Crippen LogP contribution in [0.4, 0.5) is 13.2 Å². The van der Waals surface area contributed by atoms with E-state index in [2.05, 4.69) is 25.3 Å². The Balaban J connectivity index is 1.67. The third kappa shape index (κ3) is 10.3. The minimum absolute atomic E-state index is 0.0666. The molecule has 0 radical (unpaired) electrons. The van der Waals surface area contributed by atoms with Crippen LogP contribution in [0.25, 0.3) is 0 Å². The normalized spacial score (nSPS) is 17.4. The van der Waals surface area contributed by atoms with Crippen molar-refractivity contribution < 1.29 is 27.4 Å². The van der Waals surface area contributed by atoms with Crippen LogP contribution in [0.3, 0.4) is 0 Å². The monoisotopic (exact) mass is 418 g/mol. The molecule has 7 nitrogen and oxygen atoms in total. The number of pyridine rings is 1. The summed E-state index contributed by atoms with van der Waals surface area (Å²) in [5, 5.41) is 6.37. The van der Waals surface area contributed by atoms with Crippen molar-refractivity contribution >= 4 is 5.96 Å². The average Bonchev–Trinajstić information content (AvgIpc) is 3.21. The molecule has 0 saturated carbocycles. The number of nitrogens with zero attached hydrogens (tertiary/aromatic N) is 2. The number of aromatic nitrogens is 1. The van der Waals surface area contributed by atoms with Crippen LogP contribution in [0.5, 0.6) is 5.88 Å². The Kier molecular flexibility index (Phi) is 9.99. The van der Waals surface area contributed by atoms with Crippen molar-refractivity contribution in [2.45, 2.75) is 45.0 Å². The Labute approximate surface area is 169 Å². The van der Waals surface area contributed by atoms with Crippen molar-refractivity contribution in [3.8, 4) is 5.88 Å². The molecule has 1 atom stereocenters. The number of halogens is 3. The lowest BCUT2D eigenvalue weighted by atomic mass is 10.2. The second-order valence-electron chi connectivity index (χ2n) is 6.59. The zero-order valence-corrected chi connectivity index (χ0v) is 16.6. The number of rotatable bonds is 11. The molecule has 1 aliphatic rings. The number of hydrogen-bond acceptors (Lipinski definition) is 5. The maximum atomic E-state index is 12.1. The standard InChI is InChI=1S/C19H29F3N4O3/c1-2-23-18(24-8-4-9-27-13-16-5-3-10-28-16)26-12-15-6-7-17(25-11-15)29-14-19(20,21)22/h6-7,11,16H,2-5,8-10,12-14H2,1H3,(H2,23,24,26). The largest absolute Gasteiger partial charge is 0.468 e. The van der Waals surface area contributed by atoms with Crippen molar-refractivity contribution in [1.29, 1.82) is 0 Å². The van der Waals surface area contributed by atoms with Gasteiger partial charge in [0.15, 0.2) is 12.6 Å². The van der Waals surface area contributed by atoms with E-state index in [0.29, 0.717) is 38.8 Å². The number of guanidine groups is 1. The van der Waals surface area contributed by atoms with E-state index in [-0.39, 0.29) is 12.0 Å². The second-order valence-corrected chi connectivity index (χ2v) is 6.59. The van der Waals surface area contributed by atoms with Crippen LogP contribution in [-0.4, -0.2) is 62.7 Å². The first-order chi connectivity index (χ1) is 14.0. The van der Waals surface area contributed by atoms with Gasteiger partial charge in [-0.25, -0.2) is 9.98 Å². The van der Waals surface area contributed by atoms with E-state index >= 15 is 0 Å². The van der Waals surface area contributed by atoms with Crippen LogP contribution in [0, 0.1) is 0 Å². The maximum Gasteiger partial charge on any atom is 0.422 e. The molecule has 0 aliphatic carbocycles. The van der Waals surface area contributed by atoms with E-state index in [1.165, 1.54) is 12.3 Å². The molecule has 0 amide bonds. The molecule has 0 bridgehead atoms. The van der Waals surface area contributed by atoms with Gasteiger partial charge in [-0.2, -0.15) is 13.2 Å². The number of alkyl halides is 3. The fraction of sp³-hybridized carbons (Fsp3) is 0.684. The van der Waals surface area contributed by atoms with Gasteiger partial charge in [0.2, 0.25) is 5.88 Å². The molecular weight excluding hydrogens is 389 g/mol. The molecule has 2 heterocycles. The second kappa shape index (κ2) is 12.5. The van der Waals surface area contributed by atoms with Gasteiger partial charge in [0.1, 0.15) is 0 Å². The lowest BCUT2D eigenvalue weighted by molar-refractivity contribution is -0.154. The molecule has 0 aromatic carbocycles. The molecular formula is C19H29F3N4O3. The van der Waals surface area contributed by atoms with Crippen molar-refractivity contribution in [1.82, 2.24) is 15.6 Å². The number of aliphatic imine (C=N–C) groups is 1. The SMILES string of the molecule is CCNC(=NCc1ccc(OCC(F)(F)F)nc1)NCCCOCC1CCCO1. The van der Waals surface area contributed by atoms with Crippen LogP contribution < -0.4 is 15.4 Å². The predicted octanol–water partition coefficient (Wildman–Crippen LogP) is 2.66. The van der Waals surface area contributed by atoms with Gasteiger partial charge in [0.25, 0.3) is 0 Å². The molecule has 2 rings (SSSR count). The predicted molar refractivity (Wildman–Crippen MR) is 103 cm³/mol. The van der Waals surface area contributed by atoms with E-state index < -0.39 is 12.8 Å². The lowest BCUT2D eigenvalue weighted by Gasteiger charge is -2.13. The van der Waals surface area contributed by atoms with Gasteiger partial charge in [-0.1, -0.05) is 6.07 Å². The van der Waals surface area contributed by atoms with Gasteiger partial charge in [0, 0.05) is 38.6 Å². The molecule has 1 fully saturated rings. The Hall–Kier alpha value is -2.07. The first-order valence-electron chi connectivity index (χ1n) is 9.82. The minimum atomic E-state index is -4.38. The quantitative estimate of drug-likeness (QED) is 0.327. The number of nitrogens with one attached hydrogen (secondary N) is 2. The molecule has 1 aliphatic heterocycles. The summed E-state index contributed by atoms with van der Waals surface area (Å²) in [5.41, 5.74) is 0.765. The summed E-state index contributed by atoms with van der Waals surface area (Å²) in [4.78, 5) is 8.33. The highest BCUT2D eigenvalue weighted by molar-refractivity contribution is 5.79. The molecule has 2 N–H and O–H groups in total. The van der Waals surface area contributed by atoms with Gasteiger partial charge in [-0.15, -0.1) is 0 Å². The molecule has 0 spiro atoms. The summed E-state index contributed by atoms with van der Waals surface area (Å²) >= 11 is 0. The van der Waals surface area contributed by atoms with E-state index in [4.69, 9.17) is 9.47 Å². The van der Waals surface area contributed by atoms with Crippen molar-refractivity contribution in [2.75, 3.05) is 39.5 Å². The third-order valence-corrected chi connectivity index (χ3v) is 4.03. The zero-order chi connectivity index (χ0) is 21.0. The number of hydrogen-bond donors (Lipinski definition) is 2. The van der Waals surface area contributed by atoms with E-state index in [0.717, 1.165) is 31.4 Å². The van der Waals surface area contributed by atoms with Gasteiger partial charge in [-0.3, -0.25) is 0 Å². The maximum absolute atomic E-state index is 12.1. The Morgan fingerprint density at radius 3 is 2.86 bits per heavy atom. The fourth-order valence-corrected chi connectivity index (χ4v) is 2.63. The summed E-state index contributed by atoms with van der Waals surface area (Å²) in [6.45, 7) is 4.50. The Morgan fingerprint density at radius 1 is 1.34 bits per heavy atom. The first-order valence-corrected chi connectivity index (χ1v) is 9.82. The summed E-state index contributed by atoms with van der Waals surface area (Å²) in [7, 11) is 0. The molecule has 29 heavy (non-hydrogen) atoms. The van der Waals surface area contributed by atoms with E-state index in [1.54, 1.807) is 6.07 Å². The summed E-state index contributed by atoms with van der Waals surface area (Å²) in [6, 6.07) is 3.05. The molecule has 1 unspecified atom stereocenters. The van der Waals surface area contributed by atoms with Crippen LogP contribution in [0.15, 0.2) is 23.3 Å².